The normalized spacial score (nSPS) is 12.6. The smallest absolute Gasteiger partial charge is 0.108 e. The van der Waals surface area contributed by atoms with Gasteiger partial charge < -0.3 is 10.3 Å². The minimum absolute atomic E-state index is 0.0916. The van der Waals surface area contributed by atoms with E-state index >= 15 is 0 Å². The monoisotopic (exact) mass is 297 g/mol. The first-order chi connectivity index (χ1) is 9.06. The zero-order valence-corrected chi connectivity index (χ0v) is 12.3. The van der Waals surface area contributed by atoms with Gasteiger partial charge in [0.05, 0.1) is 10.0 Å². The second kappa shape index (κ2) is 6.42. The van der Waals surface area contributed by atoms with Gasteiger partial charge in [0.15, 0.2) is 0 Å². The molecule has 19 heavy (non-hydrogen) atoms. The Morgan fingerprint density at radius 1 is 1.32 bits per heavy atom. The molecule has 1 atom stereocenters. The Labute approximate surface area is 123 Å². The maximum absolute atomic E-state index is 6.15. The zero-order valence-electron chi connectivity index (χ0n) is 10.8. The molecule has 5 heteroatoms. The van der Waals surface area contributed by atoms with E-state index in [1.54, 1.807) is 6.20 Å². The Hall–Kier alpha value is -1.03. The van der Waals surface area contributed by atoms with E-state index in [4.69, 9.17) is 28.9 Å². The van der Waals surface area contributed by atoms with Crippen LogP contribution in [-0.2, 0) is 19.9 Å². The van der Waals surface area contributed by atoms with Gasteiger partial charge in [0.25, 0.3) is 0 Å². The quantitative estimate of drug-likeness (QED) is 0.921. The van der Waals surface area contributed by atoms with Crippen molar-refractivity contribution in [2.45, 2.75) is 25.3 Å². The molecule has 0 aliphatic carbocycles. The molecule has 1 aromatic heterocycles. The Balaban J connectivity index is 1.88. The van der Waals surface area contributed by atoms with Crippen molar-refractivity contribution in [3.05, 3.63) is 52.0 Å². The lowest BCUT2D eigenvalue weighted by atomic mass is 10.0. The molecule has 3 nitrogen and oxygen atoms in total. The minimum atomic E-state index is 0.0916. The third kappa shape index (κ3) is 3.96. The van der Waals surface area contributed by atoms with E-state index in [0.29, 0.717) is 10.0 Å². The maximum atomic E-state index is 6.15. The fraction of sp³-hybridized carbons (Fsp3) is 0.357. The highest BCUT2D eigenvalue weighted by molar-refractivity contribution is 6.42. The molecule has 0 fully saturated rings. The summed E-state index contributed by atoms with van der Waals surface area (Å²) in [5.74, 6) is 1.06. The molecule has 0 saturated heterocycles. The molecule has 0 amide bonds. The Morgan fingerprint density at radius 2 is 2.11 bits per heavy atom. The minimum Gasteiger partial charge on any atom is -0.338 e. The number of benzene rings is 1. The van der Waals surface area contributed by atoms with Gasteiger partial charge in [-0.05, 0) is 30.5 Å². The molecular weight excluding hydrogens is 281 g/mol. The van der Waals surface area contributed by atoms with E-state index < -0.39 is 0 Å². The van der Waals surface area contributed by atoms with Gasteiger partial charge in [-0.3, -0.25) is 0 Å². The number of nitrogens with zero attached hydrogens (tertiary/aromatic N) is 2. The molecule has 0 spiro atoms. The molecule has 2 rings (SSSR count). The van der Waals surface area contributed by atoms with E-state index in [1.165, 1.54) is 0 Å². The van der Waals surface area contributed by atoms with Crippen LogP contribution in [0.4, 0.5) is 0 Å². The topological polar surface area (TPSA) is 43.8 Å². The first kappa shape index (κ1) is 14.4. The maximum Gasteiger partial charge on any atom is 0.108 e. The zero-order chi connectivity index (χ0) is 13.8. The van der Waals surface area contributed by atoms with E-state index in [9.17, 15) is 0 Å². The van der Waals surface area contributed by atoms with Crippen LogP contribution >= 0.6 is 23.2 Å². The second-order valence-corrected chi connectivity index (χ2v) is 5.52. The van der Waals surface area contributed by atoms with Crippen LogP contribution in [0.15, 0.2) is 30.6 Å². The van der Waals surface area contributed by atoms with Crippen molar-refractivity contribution in [1.29, 1.82) is 0 Å². The van der Waals surface area contributed by atoms with Crippen molar-refractivity contribution < 1.29 is 0 Å². The van der Waals surface area contributed by atoms with Crippen molar-refractivity contribution in [3.8, 4) is 0 Å². The SMILES string of the molecule is Cn1ccnc1CCC(N)Cc1ccc(Cl)c(Cl)c1. The van der Waals surface area contributed by atoms with Gasteiger partial charge in [0.1, 0.15) is 5.82 Å². The summed E-state index contributed by atoms with van der Waals surface area (Å²) in [6.45, 7) is 0. The number of hydrogen-bond donors (Lipinski definition) is 1. The van der Waals surface area contributed by atoms with Crippen LogP contribution in [0.3, 0.4) is 0 Å². The molecule has 2 aromatic rings. The van der Waals surface area contributed by atoms with E-state index in [2.05, 4.69) is 4.98 Å². The van der Waals surface area contributed by atoms with Crippen molar-refractivity contribution in [2.75, 3.05) is 0 Å². The van der Waals surface area contributed by atoms with Crippen LogP contribution in [0.2, 0.25) is 10.0 Å². The summed E-state index contributed by atoms with van der Waals surface area (Å²) >= 11 is 11.9. The number of aromatic nitrogens is 2. The Bertz CT molecular complexity index is 551. The summed E-state index contributed by atoms with van der Waals surface area (Å²) in [4.78, 5) is 4.29. The largest absolute Gasteiger partial charge is 0.338 e. The van der Waals surface area contributed by atoms with Crippen LogP contribution in [0, 0.1) is 0 Å². The fourth-order valence-corrected chi connectivity index (χ4v) is 2.34. The molecular formula is C14H17Cl2N3. The molecule has 0 saturated carbocycles. The lowest BCUT2D eigenvalue weighted by molar-refractivity contribution is 0.589. The molecule has 1 aromatic carbocycles. The number of rotatable bonds is 5. The van der Waals surface area contributed by atoms with Gasteiger partial charge in [-0.2, -0.15) is 0 Å². The number of nitrogens with two attached hydrogens (primary N) is 1. The van der Waals surface area contributed by atoms with E-state index in [1.807, 2.05) is 36.0 Å². The highest BCUT2D eigenvalue weighted by Gasteiger charge is 2.08. The van der Waals surface area contributed by atoms with Crippen LogP contribution in [0.5, 0.6) is 0 Å². The molecule has 2 N–H and O–H groups in total. The lowest BCUT2D eigenvalue weighted by Gasteiger charge is -2.12. The summed E-state index contributed by atoms with van der Waals surface area (Å²) in [6.07, 6.45) is 6.32. The molecule has 0 bridgehead atoms. The van der Waals surface area contributed by atoms with Crippen LogP contribution in [0.1, 0.15) is 17.8 Å². The van der Waals surface area contributed by atoms with Gasteiger partial charge in [-0.1, -0.05) is 29.3 Å². The molecule has 1 unspecified atom stereocenters. The predicted molar refractivity (Wildman–Crippen MR) is 79.7 cm³/mol. The third-order valence-corrected chi connectivity index (χ3v) is 3.88. The molecule has 0 aliphatic heterocycles. The Morgan fingerprint density at radius 3 is 2.74 bits per heavy atom. The van der Waals surface area contributed by atoms with Crippen molar-refractivity contribution >= 4 is 23.2 Å². The van der Waals surface area contributed by atoms with Gasteiger partial charge >= 0.3 is 0 Å². The highest BCUT2D eigenvalue weighted by atomic mass is 35.5. The highest BCUT2D eigenvalue weighted by Crippen LogP contribution is 2.23. The first-order valence-electron chi connectivity index (χ1n) is 6.22. The molecule has 102 valence electrons. The molecule has 1 heterocycles. The summed E-state index contributed by atoms with van der Waals surface area (Å²) in [6, 6.07) is 5.75. The average molecular weight is 298 g/mol. The van der Waals surface area contributed by atoms with Gasteiger partial charge in [-0.15, -0.1) is 0 Å². The van der Waals surface area contributed by atoms with Crippen LogP contribution in [-0.4, -0.2) is 15.6 Å². The van der Waals surface area contributed by atoms with Crippen LogP contribution in [0.25, 0.3) is 0 Å². The number of halogens is 2. The fourth-order valence-electron chi connectivity index (χ4n) is 2.02. The molecule has 0 radical (unpaired) electrons. The van der Waals surface area contributed by atoms with Crippen LogP contribution < -0.4 is 5.73 Å². The van der Waals surface area contributed by atoms with Crippen molar-refractivity contribution in [3.63, 3.8) is 0 Å². The van der Waals surface area contributed by atoms with E-state index in [0.717, 1.165) is 30.7 Å². The number of imidazole rings is 1. The number of aryl methyl sites for hydroxylation is 2. The summed E-state index contributed by atoms with van der Waals surface area (Å²) in [5, 5.41) is 1.16. The standard InChI is InChI=1S/C14H17Cl2N3/c1-19-7-6-18-14(19)5-3-11(17)8-10-2-4-12(15)13(16)9-10/h2,4,6-7,9,11H,3,5,8,17H2,1H3. The average Bonchev–Trinajstić information content (AvgIpc) is 2.77. The third-order valence-electron chi connectivity index (χ3n) is 3.14. The summed E-state index contributed by atoms with van der Waals surface area (Å²) in [5.41, 5.74) is 7.26. The van der Waals surface area contributed by atoms with Crippen molar-refractivity contribution in [1.82, 2.24) is 9.55 Å². The van der Waals surface area contributed by atoms with Gasteiger partial charge in [0.2, 0.25) is 0 Å². The van der Waals surface area contributed by atoms with Gasteiger partial charge in [0, 0.05) is 31.9 Å². The summed E-state index contributed by atoms with van der Waals surface area (Å²) < 4.78 is 2.02. The lowest BCUT2D eigenvalue weighted by Crippen LogP contribution is -2.24. The van der Waals surface area contributed by atoms with Crippen molar-refractivity contribution in [2.24, 2.45) is 12.8 Å². The van der Waals surface area contributed by atoms with E-state index in [-0.39, 0.29) is 6.04 Å². The van der Waals surface area contributed by atoms with Gasteiger partial charge in [-0.25, -0.2) is 4.98 Å². The first-order valence-corrected chi connectivity index (χ1v) is 6.97. The Kier molecular flexibility index (Phi) is 4.86. The predicted octanol–water partition coefficient (Wildman–Crippen LogP) is 3.23. The number of hydrogen-bond acceptors (Lipinski definition) is 2. The second-order valence-electron chi connectivity index (χ2n) is 4.71. The summed E-state index contributed by atoms with van der Waals surface area (Å²) in [7, 11) is 1.99. The molecule has 0 aliphatic rings.